The molecule has 1 aromatic rings. The largest absolute Gasteiger partial charge is 0.478 e. The summed E-state index contributed by atoms with van der Waals surface area (Å²) in [4.78, 5) is 10.2. The van der Waals surface area contributed by atoms with Crippen molar-refractivity contribution in [3.05, 3.63) is 41.9 Å². The highest BCUT2D eigenvalue weighted by Crippen LogP contribution is 2.05. The predicted molar refractivity (Wildman–Crippen MR) is 49.1 cm³/mol. The van der Waals surface area contributed by atoms with Gasteiger partial charge in [0.05, 0.1) is 12.5 Å². The summed E-state index contributed by atoms with van der Waals surface area (Å²) in [7, 11) is 0. The van der Waals surface area contributed by atoms with Crippen LogP contribution in [-0.2, 0) is 4.79 Å². The van der Waals surface area contributed by atoms with E-state index < -0.39 is 5.97 Å². The fourth-order valence-electron chi connectivity index (χ4n) is 0.840. The summed E-state index contributed by atoms with van der Waals surface area (Å²) < 4.78 is 4.84. The van der Waals surface area contributed by atoms with Crippen LogP contribution < -0.4 is 0 Å². The average molecular weight is 178 g/mol. The Morgan fingerprint density at radius 2 is 2.38 bits per heavy atom. The van der Waals surface area contributed by atoms with E-state index in [1.54, 1.807) is 37.7 Å². The van der Waals surface area contributed by atoms with Gasteiger partial charge in [0.2, 0.25) is 0 Å². The quantitative estimate of drug-likeness (QED) is 0.570. The summed E-state index contributed by atoms with van der Waals surface area (Å²) >= 11 is 0. The standard InChI is InChI=1S/C10H10O3/c1-8(6-10(11)12)2-3-9-4-5-13-7-9/h2-7H,1H3,(H,11,12)/b3-2+,8-6-. The van der Waals surface area contributed by atoms with Crippen LogP contribution in [-0.4, -0.2) is 11.1 Å². The van der Waals surface area contributed by atoms with Gasteiger partial charge in [-0.15, -0.1) is 0 Å². The molecule has 0 radical (unpaired) electrons. The molecule has 1 rings (SSSR count). The van der Waals surface area contributed by atoms with Crippen LogP contribution in [0.4, 0.5) is 0 Å². The number of hydrogen-bond donors (Lipinski definition) is 1. The molecule has 1 heterocycles. The molecule has 1 aromatic heterocycles. The lowest BCUT2D eigenvalue weighted by Gasteiger charge is -1.87. The van der Waals surface area contributed by atoms with Gasteiger partial charge in [-0.3, -0.25) is 0 Å². The molecule has 0 fully saturated rings. The molecule has 0 saturated heterocycles. The molecular weight excluding hydrogens is 168 g/mol. The molecule has 1 N–H and O–H groups in total. The van der Waals surface area contributed by atoms with Crippen molar-refractivity contribution in [3.63, 3.8) is 0 Å². The molecule has 0 aliphatic carbocycles. The molecule has 0 aliphatic rings. The number of rotatable bonds is 3. The highest BCUT2D eigenvalue weighted by Gasteiger charge is 1.90. The molecule has 0 unspecified atom stereocenters. The lowest BCUT2D eigenvalue weighted by molar-refractivity contribution is -0.131. The Morgan fingerprint density at radius 1 is 1.62 bits per heavy atom. The fraction of sp³-hybridized carbons (Fsp3) is 0.100. The third kappa shape index (κ3) is 3.42. The van der Waals surface area contributed by atoms with Crippen LogP contribution in [0.1, 0.15) is 12.5 Å². The maximum atomic E-state index is 10.2. The van der Waals surface area contributed by atoms with Crippen LogP contribution in [0.5, 0.6) is 0 Å². The van der Waals surface area contributed by atoms with Crippen molar-refractivity contribution in [2.45, 2.75) is 6.92 Å². The average Bonchev–Trinajstić information content (AvgIpc) is 2.51. The summed E-state index contributed by atoms with van der Waals surface area (Å²) in [5, 5.41) is 8.41. The smallest absolute Gasteiger partial charge is 0.328 e. The van der Waals surface area contributed by atoms with Crippen LogP contribution in [0, 0.1) is 0 Å². The molecule has 3 heteroatoms. The monoisotopic (exact) mass is 178 g/mol. The molecule has 0 spiro atoms. The third-order valence-corrected chi connectivity index (χ3v) is 1.43. The van der Waals surface area contributed by atoms with E-state index >= 15 is 0 Å². The predicted octanol–water partition coefficient (Wildman–Crippen LogP) is 2.32. The van der Waals surface area contributed by atoms with Gasteiger partial charge in [0.15, 0.2) is 0 Å². The van der Waals surface area contributed by atoms with Gasteiger partial charge in [-0.1, -0.05) is 12.2 Å². The molecule has 0 saturated carbocycles. The van der Waals surface area contributed by atoms with Gasteiger partial charge >= 0.3 is 5.97 Å². The Kier molecular flexibility index (Phi) is 3.09. The second-order valence-corrected chi connectivity index (χ2v) is 2.62. The van der Waals surface area contributed by atoms with E-state index in [2.05, 4.69) is 0 Å². The highest BCUT2D eigenvalue weighted by molar-refractivity contribution is 5.81. The molecule has 0 bridgehead atoms. The fourth-order valence-corrected chi connectivity index (χ4v) is 0.840. The van der Waals surface area contributed by atoms with Crippen molar-refractivity contribution in [2.75, 3.05) is 0 Å². The number of hydrogen-bond acceptors (Lipinski definition) is 2. The minimum Gasteiger partial charge on any atom is -0.478 e. The first-order chi connectivity index (χ1) is 6.18. The zero-order valence-electron chi connectivity index (χ0n) is 7.23. The van der Waals surface area contributed by atoms with Crippen LogP contribution in [0.3, 0.4) is 0 Å². The van der Waals surface area contributed by atoms with Gasteiger partial charge in [0.25, 0.3) is 0 Å². The van der Waals surface area contributed by atoms with Crippen molar-refractivity contribution < 1.29 is 14.3 Å². The first-order valence-corrected chi connectivity index (χ1v) is 3.80. The van der Waals surface area contributed by atoms with Crippen LogP contribution in [0.2, 0.25) is 0 Å². The lowest BCUT2D eigenvalue weighted by Crippen LogP contribution is -1.87. The molecule has 0 aromatic carbocycles. The Bertz CT molecular complexity index is 331. The topological polar surface area (TPSA) is 50.4 Å². The Morgan fingerprint density at radius 3 is 2.92 bits per heavy atom. The van der Waals surface area contributed by atoms with E-state index in [4.69, 9.17) is 9.52 Å². The lowest BCUT2D eigenvalue weighted by atomic mass is 10.2. The maximum Gasteiger partial charge on any atom is 0.328 e. The van der Waals surface area contributed by atoms with E-state index in [0.717, 1.165) is 11.6 Å². The number of furan rings is 1. The number of carboxylic acids is 1. The molecule has 0 atom stereocenters. The summed E-state index contributed by atoms with van der Waals surface area (Å²) in [5.41, 5.74) is 1.60. The summed E-state index contributed by atoms with van der Waals surface area (Å²) in [5.74, 6) is -0.936. The second kappa shape index (κ2) is 4.30. The zero-order valence-corrected chi connectivity index (χ0v) is 7.23. The number of allylic oxidation sites excluding steroid dienone is 2. The normalized spacial score (nSPS) is 12.2. The summed E-state index contributed by atoms with van der Waals surface area (Å²) in [6.07, 6.45) is 7.81. The molecule has 13 heavy (non-hydrogen) atoms. The van der Waals surface area contributed by atoms with Gasteiger partial charge in [-0.05, 0) is 18.6 Å². The first kappa shape index (κ1) is 9.32. The van der Waals surface area contributed by atoms with Crippen molar-refractivity contribution in [3.8, 4) is 0 Å². The minimum atomic E-state index is -0.936. The Hall–Kier alpha value is -1.77. The van der Waals surface area contributed by atoms with Gasteiger partial charge in [0, 0.05) is 11.6 Å². The van der Waals surface area contributed by atoms with Crippen LogP contribution >= 0.6 is 0 Å². The summed E-state index contributed by atoms with van der Waals surface area (Å²) in [6.45, 7) is 1.73. The van der Waals surface area contributed by atoms with E-state index in [1.807, 2.05) is 0 Å². The van der Waals surface area contributed by atoms with Crippen molar-refractivity contribution in [2.24, 2.45) is 0 Å². The van der Waals surface area contributed by atoms with E-state index in [-0.39, 0.29) is 0 Å². The van der Waals surface area contributed by atoms with Crippen molar-refractivity contribution in [1.82, 2.24) is 0 Å². The molecule has 0 amide bonds. The number of carboxylic acid groups (broad SMARTS) is 1. The van der Waals surface area contributed by atoms with E-state index in [1.165, 1.54) is 0 Å². The minimum absolute atomic E-state index is 0.689. The van der Waals surface area contributed by atoms with Gasteiger partial charge in [0.1, 0.15) is 0 Å². The zero-order chi connectivity index (χ0) is 9.68. The van der Waals surface area contributed by atoms with Gasteiger partial charge < -0.3 is 9.52 Å². The second-order valence-electron chi connectivity index (χ2n) is 2.62. The number of carbonyl (C=O) groups is 1. The first-order valence-electron chi connectivity index (χ1n) is 3.80. The van der Waals surface area contributed by atoms with Crippen molar-refractivity contribution in [1.29, 1.82) is 0 Å². The molecule has 68 valence electrons. The van der Waals surface area contributed by atoms with Crippen LogP contribution in [0.25, 0.3) is 6.08 Å². The maximum absolute atomic E-state index is 10.2. The van der Waals surface area contributed by atoms with Gasteiger partial charge in [-0.25, -0.2) is 4.79 Å². The van der Waals surface area contributed by atoms with Crippen molar-refractivity contribution >= 4 is 12.0 Å². The SMILES string of the molecule is CC(=C/C(=O)O)/C=C/c1ccoc1. The highest BCUT2D eigenvalue weighted by atomic mass is 16.4. The summed E-state index contributed by atoms with van der Waals surface area (Å²) in [6, 6.07) is 1.80. The molecule has 0 aliphatic heterocycles. The Balaban J connectivity index is 2.64. The molecule has 3 nitrogen and oxygen atoms in total. The Labute approximate surface area is 76.0 Å². The number of aliphatic carboxylic acids is 1. The van der Waals surface area contributed by atoms with E-state index in [0.29, 0.717) is 5.57 Å². The molecular formula is C10H10O3. The van der Waals surface area contributed by atoms with E-state index in [9.17, 15) is 4.79 Å². The van der Waals surface area contributed by atoms with Gasteiger partial charge in [-0.2, -0.15) is 0 Å². The van der Waals surface area contributed by atoms with Crippen LogP contribution in [0.15, 0.2) is 40.7 Å². The third-order valence-electron chi connectivity index (χ3n) is 1.43.